The molecule has 0 aliphatic heterocycles. The van der Waals surface area contributed by atoms with Crippen molar-refractivity contribution in [3.8, 4) is 11.5 Å². The predicted molar refractivity (Wildman–Crippen MR) is 104 cm³/mol. The molecular weight excluding hydrogens is 344 g/mol. The number of ether oxygens (including phenoxy) is 1. The zero-order chi connectivity index (χ0) is 20.6. The van der Waals surface area contributed by atoms with Gasteiger partial charge in [0, 0.05) is 11.1 Å². The number of carbonyl (C=O) groups excluding carboxylic acids is 1. The van der Waals surface area contributed by atoms with Crippen molar-refractivity contribution < 1.29 is 24.5 Å². The highest BCUT2D eigenvalue weighted by Crippen LogP contribution is 2.39. The van der Waals surface area contributed by atoms with Gasteiger partial charge in [-0.15, -0.1) is 0 Å². The van der Waals surface area contributed by atoms with E-state index in [4.69, 9.17) is 9.84 Å². The van der Waals surface area contributed by atoms with Gasteiger partial charge in [-0.05, 0) is 47.2 Å². The summed E-state index contributed by atoms with van der Waals surface area (Å²) in [4.78, 5) is 23.6. The number of esters is 1. The standard InChI is InChI=1S/C22H26O5/c1-21(2,3)16-11-14(12-17(18(16)23)22(4,5)6)20(26)27-15-9-7-13(8-10-15)19(24)25/h7-12,23H,1-6H3,(H,24,25). The Morgan fingerprint density at radius 1 is 0.815 bits per heavy atom. The maximum Gasteiger partial charge on any atom is 0.343 e. The molecule has 0 atom stereocenters. The Kier molecular flexibility index (Phi) is 5.36. The van der Waals surface area contributed by atoms with Crippen molar-refractivity contribution >= 4 is 11.9 Å². The van der Waals surface area contributed by atoms with Crippen LogP contribution in [0.1, 0.15) is 73.4 Å². The smallest absolute Gasteiger partial charge is 0.343 e. The van der Waals surface area contributed by atoms with Gasteiger partial charge >= 0.3 is 11.9 Å². The van der Waals surface area contributed by atoms with Gasteiger partial charge in [0.25, 0.3) is 0 Å². The molecular formula is C22H26O5. The molecule has 0 saturated carbocycles. The highest BCUT2D eigenvalue weighted by molar-refractivity contribution is 5.92. The fourth-order valence-electron chi connectivity index (χ4n) is 2.73. The van der Waals surface area contributed by atoms with Crippen molar-refractivity contribution in [3.05, 3.63) is 58.7 Å². The second-order valence-electron chi connectivity index (χ2n) is 8.64. The summed E-state index contributed by atoms with van der Waals surface area (Å²) in [5, 5.41) is 19.7. The normalized spacial score (nSPS) is 11.9. The van der Waals surface area contributed by atoms with Crippen LogP contribution in [-0.2, 0) is 10.8 Å². The SMILES string of the molecule is CC(C)(C)c1cc(C(=O)Oc2ccc(C(=O)O)cc2)cc(C(C)(C)C)c1O. The third kappa shape index (κ3) is 4.67. The zero-order valence-electron chi connectivity index (χ0n) is 16.6. The van der Waals surface area contributed by atoms with Crippen LogP contribution in [0.15, 0.2) is 36.4 Å². The first-order valence-electron chi connectivity index (χ1n) is 8.74. The van der Waals surface area contributed by atoms with Crippen molar-refractivity contribution in [2.75, 3.05) is 0 Å². The summed E-state index contributed by atoms with van der Waals surface area (Å²) in [6.45, 7) is 11.8. The van der Waals surface area contributed by atoms with Gasteiger partial charge in [-0.1, -0.05) is 41.5 Å². The molecule has 5 heteroatoms. The summed E-state index contributed by atoms with van der Waals surface area (Å²) in [5.74, 6) is -1.16. The third-order valence-electron chi connectivity index (χ3n) is 4.27. The van der Waals surface area contributed by atoms with Crippen molar-refractivity contribution in [3.63, 3.8) is 0 Å². The molecule has 0 aliphatic rings. The van der Waals surface area contributed by atoms with Gasteiger partial charge in [-0.3, -0.25) is 0 Å². The van der Waals surface area contributed by atoms with Gasteiger partial charge in [0.1, 0.15) is 11.5 Å². The predicted octanol–water partition coefficient (Wildman–Crippen LogP) is 4.90. The molecule has 27 heavy (non-hydrogen) atoms. The summed E-state index contributed by atoms with van der Waals surface area (Å²) < 4.78 is 5.40. The number of hydrogen-bond acceptors (Lipinski definition) is 4. The molecule has 0 radical (unpaired) electrons. The molecule has 2 aromatic rings. The Labute approximate surface area is 159 Å². The van der Waals surface area contributed by atoms with E-state index in [1.807, 2.05) is 41.5 Å². The van der Waals surface area contributed by atoms with Crippen LogP contribution in [0, 0.1) is 0 Å². The van der Waals surface area contributed by atoms with E-state index >= 15 is 0 Å². The van der Waals surface area contributed by atoms with Crippen LogP contribution < -0.4 is 4.74 Å². The van der Waals surface area contributed by atoms with Crippen LogP contribution in [-0.4, -0.2) is 22.2 Å². The largest absolute Gasteiger partial charge is 0.507 e. The Morgan fingerprint density at radius 3 is 1.63 bits per heavy atom. The van der Waals surface area contributed by atoms with E-state index in [0.29, 0.717) is 16.7 Å². The fraction of sp³-hybridized carbons (Fsp3) is 0.364. The molecule has 5 nitrogen and oxygen atoms in total. The lowest BCUT2D eigenvalue weighted by Crippen LogP contribution is -2.20. The van der Waals surface area contributed by atoms with E-state index in [9.17, 15) is 14.7 Å². The molecule has 0 saturated heterocycles. The number of aromatic hydroxyl groups is 1. The summed E-state index contributed by atoms with van der Waals surface area (Å²) >= 11 is 0. The first-order chi connectivity index (χ1) is 12.3. The van der Waals surface area contributed by atoms with E-state index in [1.54, 1.807) is 12.1 Å². The molecule has 0 spiro atoms. The van der Waals surface area contributed by atoms with Gasteiger partial charge in [-0.2, -0.15) is 0 Å². The monoisotopic (exact) mass is 370 g/mol. The van der Waals surface area contributed by atoms with Crippen LogP contribution in [0.25, 0.3) is 0 Å². The van der Waals surface area contributed by atoms with Crippen LogP contribution in [0.3, 0.4) is 0 Å². The summed E-state index contributed by atoms with van der Waals surface area (Å²) in [6.07, 6.45) is 0. The number of carboxylic acids is 1. The average molecular weight is 370 g/mol. The van der Waals surface area contributed by atoms with Crippen LogP contribution in [0.4, 0.5) is 0 Å². The van der Waals surface area contributed by atoms with E-state index in [1.165, 1.54) is 24.3 Å². The first kappa shape index (κ1) is 20.5. The fourth-order valence-corrected chi connectivity index (χ4v) is 2.73. The minimum absolute atomic E-state index is 0.115. The lowest BCUT2D eigenvalue weighted by atomic mass is 9.78. The van der Waals surface area contributed by atoms with E-state index in [0.717, 1.165) is 0 Å². The number of carboxylic acid groups (broad SMARTS) is 1. The molecule has 0 aliphatic carbocycles. The van der Waals surface area contributed by atoms with E-state index < -0.39 is 11.9 Å². The second kappa shape index (κ2) is 7.06. The molecule has 2 aromatic carbocycles. The van der Waals surface area contributed by atoms with Gasteiger partial charge < -0.3 is 14.9 Å². The lowest BCUT2D eigenvalue weighted by Gasteiger charge is -2.27. The van der Waals surface area contributed by atoms with Crippen LogP contribution in [0.2, 0.25) is 0 Å². The molecule has 0 fully saturated rings. The topological polar surface area (TPSA) is 83.8 Å². The molecule has 0 aromatic heterocycles. The van der Waals surface area contributed by atoms with Crippen molar-refractivity contribution in [1.29, 1.82) is 0 Å². The maximum atomic E-state index is 12.7. The molecule has 0 amide bonds. The first-order valence-corrected chi connectivity index (χ1v) is 8.74. The minimum Gasteiger partial charge on any atom is -0.507 e. The second-order valence-corrected chi connectivity index (χ2v) is 8.64. The molecule has 2 rings (SSSR count). The Balaban J connectivity index is 2.44. The van der Waals surface area contributed by atoms with Crippen molar-refractivity contribution in [1.82, 2.24) is 0 Å². The summed E-state index contributed by atoms with van der Waals surface area (Å²) in [6, 6.07) is 8.94. The Bertz CT molecular complexity index is 830. The maximum absolute atomic E-state index is 12.7. The van der Waals surface area contributed by atoms with Crippen LogP contribution >= 0.6 is 0 Å². The highest BCUT2D eigenvalue weighted by atomic mass is 16.5. The number of phenolic OH excluding ortho intramolecular Hbond substituents is 1. The van der Waals surface area contributed by atoms with Crippen molar-refractivity contribution in [2.24, 2.45) is 0 Å². The molecule has 144 valence electrons. The number of hydrogen-bond donors (Lipinski definition) is 2. The van der Waals surface area contributed by atoms with Crippen molar-refractivity contribution in [2.45, 2.75) is 52.4 Å². The van der Waals surface area contributed by atoms with Crippen LogP contribution in [0.5, 0.6) is 11.5 Å². The lowest BCUT2D eigenvalue weighted by molar-refractivity contribution is 0.0696. The molecule has 0 unspecified atom stereocenters. The highest BCUT2D eigenvalue weighted by Gasteiger charge is 2.28. The number of carbonyl (C=O) groups is 2. The number of aromatic carboxylic acids is 1. The number of phenols is 1. The van der Waals surface area contributed by atoms with E-state index in [2.05, 4.69) is 0 Å². The third-order valence-corrected chi connectivity index (χ3v) is 4.27. The summed E-state index contributed by atoms with van der Waals surface area (Å²) in [5.41, 5.74) is 1.08. The van der Waals surface area contributed by atoms with Gasteiger partial charge in [0.15, 0.2) is 0 Å². The Hall–Kier alpha value is -2.82. The summed E-state index contributed by atoms with van der Waals surface area (Å²) in [7, 11) is 0. The molecule has 0 bridgehead atoms. The van der Waals surface area contributed by atoms with Gasteiger partial charge in [-0.25, -0.2) is 9.59 Å². The molecule has 2 N–H and O–H groups in total. The zero-order valence-corrected chi connectivity index (χ0v) is 16.6. The average Bonchev–Trinajstić information content (AvgIpc) is 2.53. The molecule has 0 heterocycles. The quantitative estimate of drug-likeness (QED) is 0.593. The van der Waals surface area contributed by atoms with Gasteiger partial charge in [0.05, 0.1) is 11.1 Å². The minimum atomic E-state index is -1.05. The van der Waals surface area contributed by atoms with Gasteiger partial charge in [0.2, 0.25) is 0 Å². The number of benzene rings is 2. The Morgan fingerprint density at radius 2 is 1.26 bits per heavy atom. The number of rotatable bonds is 3. The van der Waals surface area contributed by atoms with E-state index in [-0.39, 0.29) is 27.9 Å².